The van der Waals surface area contributed by atoms with Crippen LogP contribution in [0.3, 0.4) is 0 Å². The number of carbonyl (C=O) groups is 1. The van der Waals surface area contributed by atoms with E-state index in [4.69, 9.17) is 9.47 Å². The van der Waals surface area contributed by atoms with E-state index < -0.39 is 0 Å². The highest BCUT2D eigenvalue weighted by Gasteiger charge is 2.12. The molecule has 134 valence electrons. The summed E-state index contributed by atoms with van der Waals surface area (Å²) in [6.45, 7) is 2.76. The van der Waals surface area contributed by atoms with Gasteiger partial charge in [-0.15, -0.1) is 0 Å². The summed E-state index contributed by atoms with van der Waals surface area (Å²) < 4.78 is 10.5. The van der Waals surface area contributed by atoms with Crippen LogP contribution in [-0.2, 0) is 11.2 Å². The molecule has 2 N–H and O–H groups in total. The molecule has 1 aromatic carbocycles. The Bertz CT molecular complexity index is 677. The summed E-state index contributed by atoms with van der Waals surface area (Å²) in [6.07, 6.45) is 2.98. The number of benzene rings is 1. The minimum Gasteiger partial charge on any atom is -0.497 e. The van der Waals surface area contributed by atoms with Gasteiger partial charge >= 0.3 is 0 Å². The van der Waals surface area contributed by atoms with Gasteiger partial charge in [0.1, 0.15) is 11.5 Å². The second kappa shape index (κ2) is 9.64. The highest BCUT2D eigenvalue weighted by molar-refractivity contribution is 5.92. The maximum absolute atomic E-state index is 12.3. The first-order chi connectivity index (χ1) is 12.1. The first kappa shape index (κ1) is 18.7. The lowest BCUT2D eigenvalue weighted by atomic mass is 10.2. The van der Waals surface area contributed by atoms with Crippen LogP contribution < -0.4 is 20.1 Å². The average Bonchev–Trinajstić information content (AvgIpc) is 2.62. The van der Waals surface area contributed by atoms with Gasteiger partial charge in [0.2, 0.25) is 5.91 Å². The molecule has 0 saturated carbocycles. The fourth-order valence-electron chi connectivity index (χ4n) is 2.46. The summed E-state index contributed by atoms with van der Waals surface area (Å²) in [5.74, 6) is 1.19. The zero-order valence-corrected chi connectivity index (χ0v) is 14.9. The predicted octanol–water partition coefficient (Wildman–Crippen LogP) is 2.65. The van der Waals surface area contributed by atoms with Crippen LogP contribution in [0.1, 0.15) is 19.0 Å². The molecular weight excluding hydrogens is 318 g/mol. The molecule has 2 rings (SSSR count). The van der Waals surface area contributed by atoms with Gasteiger partial charge in [-0.2, -0.15) is 0 Å². The molecule has 0 radical (unpaired) electrons. The molecule has 0 fully saturated rings. The Labute approximate surface area is 148 Å². The number of carbonyl (C=O) groups excluding carboxylic acids is 1. The third kappa shape index (κ3) is 6.08. The summed E-state index contributed by atoms with van der Waals surface area (Å²) in [6, 6.07) is 11.2. The lowest BCUT2D eigenvalue weighted by Gasteiger charge is -2.15. The molecule has 1 unspecified atom stereocenters. The van der Waals surface area contributed by atoms with E-state index in [1.165, 1.54) is 0 Å². The molecule has 25 heavy (non-hydrogen) atoms. The lowest BCUT2D eigenvalue weighted by molar-refractivity contribution is -0.116. The Morgan fingerprint density at radius 1 is 1.20 bits per heavy atom. The summed E-state index contributed by atoms with van der Waals surface area (Å²) in [5.41, 5.74) is 1.64. The van der Waals surface area contributed by atoms with Crippen molar-refractivity contribution in [1.82, 2.24) is 10.3 Å². The Balaban J connectivity index is 1.81. The molecule has 0 aliphatic rings. The van der Waals surface area contributed by atoms with E-state index in [2.05, 4.69) is 15.6 Å². The molecule has 0 saturated heterocycles. The smallest absolute Gasteiger partial charge is 0.226 e. The van der Waals surface area contributed by atoms with Gasteiger partial charge in [0, 0.05) is 43.4 Å². The third-order valence-electron chi connectivity index (χ3n) is 3.77. The van der Waals surface area contributed by atoms with Crippen LogP contribution in [0.4, 0.5) is 5.69 Å². The quantitative estimate of drug-likeness (QED) is 0.732. The molecule has 1 atom stereocenters. The number of amides is 1. The van der Waals surface area contributed by atoms with Crippen LogP contribution in [0.2, 0.25) is 0 Å². The van der Waals surface area contributed by atoms with Crippen LogP contribution in [0.25, 0.3) is 0 Å². The zero-order chi connectivity index (χ0) is 18.1. The minimum absolute atomic E-state index is 0.0558. The normalized spacial score (nSPS) is 11.6. The van der Waals surface area contributed by atoms with E-state index in [0.717, 1.165) is 18.7 Å². The van der Waals surface area contributed by atoms with E-state index in [-0.39, 0.29) is 11.9 Å². The number of hydrogen-bond donors (Lipinski definition) is 2. The highest BCUT2D eigenvalue weighted by atomic mass is 16.5. The van der Waals surface area contributed by atoms with Crippen molar-refractivity contribution >= 4 is 11.6 Å². The predicted molar refractivity (Wildman–Crippen MR) is 98.2 cm³/mol. The van der Waals surface area contributed by atoms with Crippen molar-refractivity contribution in [1.29, 1.82) is 0 Å². The van der Waals surface area contributed by atoms with Crippen LogP contribution in [0, 0.1) is 0 Å². The van der Waals surface area contributed by atoms with Gasteiger partial charge in [-0.1, -0.05) is 6.07 Å². The first-order valence-corrected chi connectivity index (χ1v) is 8.27. The van der Waals surface area contributed by atoms with Gasteiger partial charge in [0.05, 0.1) is 19.9 Å². The van der Waals surface area contributed by atoms with E-state index in [0.29, 0.717) is 23.6 Å². The number of hydrogen-bond acceptors (Lipinski definition) is 5. The van der Waals surface area contributed by atoms with Gasteiger partial charge in [0.15, 0.2) is 0 Å². The second-order valence-electron chi connectivity index (χ2n) is 5.74. The van der Waals surface area contributed by atoms with Crippen molar-refractivity contribution in [2.45, 2.75) is 25.8 Å². The van der Waals surface area contributed by atoms with Crippen molar-refractivity contribution in [3.8, 4) is 11.5 Å². The summed E-state index contributed by atoms with van der Waals surface area (Å²) in [4.78, 5) is 16.5. The largest absolute Gasteiger partial charge is 0.497 e. The zero-order valence-electron chi connectivity index (χ0n) is 14.9. The fourth-order valence-corrected chi connectivity index (χ4v) is 2.46. The Morgan fingerprint density at radius 3 is 2.72 bits per heavy atom. The summed E-state index contributed by atoms with van der Waals surface area (Å²) >= 11 is 0. The van der Waals surface area contributed by atoms with Gasteiger partial charge in [-0.3, -0.25) is 9.78 Å². The molecule has 6 nitrogen and oxygen atoms in total. The highest BCUT2D eigenvalue weighted by Crippen LogP contribution is 2.28. The van der Waals surface area contributed by atoms with E-state index in [1.54, 1.807) is 38.6 Å². The van der Waals surface area contributed by atoms with E-state index in [1.807, 2.05) is 25.1 Å². The Kier molecular flexibility index (Phi) is 7.22. The molecule has 6 heteroatoms. The van der Waals surface area contributed by atoms with Crippen molar-refractivity contribution in [2.75, 3.05) is 26.1 Å². The number of anilines is 1. The Morgan fingerprint density at radius 2 is 2.04 bits per heavy atom. The van der Waals surface area contributed by atoms with Crippen LogP contribution >= 0.6 is 0 Å². The van der Waals surface area contributed by atoms with Gasteiger partial charge in [-0.05, 0) is 31.2 Å². The topological polar surface area (TPSA) is 72.5 Å². The lowest BCUT2D eigenvalue weighted by Crippen LogP contribution is -2.32. The standard InChI is InChI=1S/C19H25N3O3/c1-14(20-11-9-15-6-4-5-10-21-15)12-19(23)22-17-13-16(24-2)7-8-18(17)25-3/h4-8,10,13-14,20H,9,11-12H2,1-3H3,(H,22,23). The number of nitrogens with zero attached hydrogens (tertiary/aromatic N) is 1. The number of aromatic nitrogens is 1. The van der Waals surface area contributed by atoms with Crippen LogP contribution in [0.5, 0.6) is 11.5 Å². The molecule has 0 spiro atoms. The monoisotopic (exact) mass is 343 g/mol. The third-order valence-corrected chi connectivity index (χ3v) is 3.77. The van der Waals surface area contributed by atoms with Crippen molar-refractivity contribution < 1.29 is 14.3 Å². The minimum atomic E-state index is -0.0793. The average molecular weight is 343 g/mol. The van der Waals surface area contributed by atoms with Crippen molar-refractivity contribution in [2.24, 2.45) is 0 Å². The van der Waals surface area contributed by atoms with Crippen molar-refractivity contribution in [3.05, 3.63) is 48.3 Å². The van der Waals surface area contributed by atoms with Gasteiger partial charge in [0.25, 0.3) is 0 Å². The van der Waals surface area contributed by atoms with Crippen molar-refractivity contribution in [3.63, 3.8) is 0 Å². The molecule has 0 aliphatic heterocycles. The molecule has 0 bridgehead atoms. The van der Waals surface area contributed by atoms with Crippen LogP contribution in [0.15, 0.2) is 42.6 Å². The first-order valence-electron chi connectivity index (χ1n) is 8.27. The fraction of sp³-hybridized carbons (Fsp3) is 0.368. The molecule has 1 aromatic heterocycles. The number of ether oxygens (including phenoxy) is 2. The van der Waals surface area contributed by atoms with Gasteiger partial charge < -0.3 is 20.1 Å². The number of rotatable bonds is 9. The Hall–Kier alpha value is -2.60. The molecule has 2 aromatic rings. The molecule has 0 aliphatic carbocycles. The maximum atomic E-state index is 12.3. The second-order valence-corrected chi connectivity index (χ2v) is 5.74. The maximum Gasteiger partial charge on any atom is 0.226 e. The SMILES string of the molecule is COc1ccc(OC)c(NC(=O)CC(C)NCCc2ccccn2)c1. The molecule has 1 amide bonds. The summed E-state index contributed by atoms with van der Waals surface area (Å²) in [7, 11) is 3.15. The summed E-state index contributed by atoms with van der Waals surface area (Å²) in [5, 5.41) is 6.22. The van der Waals surface area contributed by atoms with Crippen LogP contribution in [-0.4, -0.2) is 37.7 Å². The number of pyridine rings is 1. The van der Waals surface area contributed by atoms with E-state index >= 15 is 0 Å². The van der Waals surface area contributed by atoms with Gasteiger partial charge in [-0.25, -0.2) is 0 Å². The number of methoxy groups -OCH3 is 2. The van der Waals surface area contributed by atoms with E-state index in [9.17, 15) is 4.79 Å². The molecule has 1 heterocycles. The molecular formula is C19H25N3O3. The number of nitrogens with one attached hydrogen (secondary N) is 2.